The number of carbonyl (C=O) groups excluding carboxylic acids is 5. The molecule has 0 fully saturated rings. The fraction of sp³-hybridized carbons (Fsp3) is 0.588. The first kappa shape index (κ1) is 40.7. The van der Waals surface area contributed by atoms with Gasteiger partial charge in [0.1, 0.15) is 23.7 Å². The summed E-state index contributed by atoms with van der Waals surface area (Å²) in [5, 5.41) is 22.0. The number of nitrogens with zero attached hydrogens (tertiary/aromatic N) is 1. The zero-order valence-electron chi connectivity index (χ0n) is 29.5. The van der Waals surface area contributed by atoms with Crippen molar-refractivity contribution >= 4 is 29.7 Å². The number of nitrogens with two attached hydrogens (primary N) is 1. The van der Waals surface area contributed by atoms with Gasteiger partial charge in [0.15, 0.2) is 0 Å². The lowest BCUT2D eigenvalue weighted by Crippen LogP contribution is -2.58. The maximum absolute atomic E-state index is 13.9. The Morgan fingerprint density at radius 2 is 1.45 bits per heavy atom. The number of aromatic amines is 1. The highest BCUT2D eigenvalue weighted by molar-refractivity contribution is 5.92. The minimum Gasteiger partial charge on any atom is -0.444 e. The number of aliphatic hydroxyl groups excluding tert-OH is 1. The number of carbonyl (C=O) groups is 5. The number of benzene rings is 1. The number of hydrogen-bond donors (Lipinski definition) is 8. The van der Waals surface area contributed by atoms with Crippen molar-refractivity contribution in [3.63, 3.8) is 0 Å². The van der Waals surface area contributed by atoms with Gasteiger partial charge in [0.2, 0.25) is 17.7 Å². The molecule has 0 aliphatic carbocycles. The molecule has 0 spiro atoms. The number of rotatable bonds is 18. The molecule has 9 N–H and O–H groups in total. The number of amides is 5. The summed E-state index contributed by atoms with van der Waals surface area (Å²) in [5.41, 5.74) is 2.56. The fourth-order valence-electron chi connectivity index (χ4n) is 5.10. The summed E-state index contributed by atoms with van der Waals surface area (Å²) in [5.74, 6) is 2.96. The van der Waals surface area contributed by atoms with E-state index in [1.165, 1.54) is 12.5 Å². The van der Waals surface area contributed by atoms with Crippen molar-refractivity contribution in [2.75, 3.05) is 0 Å². The van der Waals surface area contributed by atoms with Gasteiger partial charge in [0.25, 0.3) is 5.91 Å². The molecule has 2 aromatic rings. The smallest absolute Gasteiger partial charge is 0.408 e. The van der Waals surface area contributed by atoms with Crippen LogP contribution >= 0.6 is 0 Å². The van der Waals surface area contributed by atoms with Gasteiger partial charge in [-0.3, -0.25) is 24.6 Å². The molecule has 5 amide bonds. The predicted molar refractivity (Wildman–Crippen MR) is 183 cm³/mol. The maximum Gasteiger partial charge on any atom is 0.408 e. The number of imidazole rings is 1. The minimum absolute atomic E-state index is 0.00801. The van der Waals surface area contributed by atoms with Crippen molar-refractivity contribution in [1.29, 1.82) is 0 Å². The SMILES string of the molecule is CC(C)CC(NC(=O)[C@H](Cc1cnc[nH]1)NC(=O)[C@H](Cc1ccccc1)NC(=O)OC(C)(C)C)[C@@H](O)CC(=O)N[C@@H](CC(C)C)C(=O)NN. The lowest BCUT2D eigenvalue weighted by atomic mass is 9.96. The Morgan fingerprint density at radius 1 is 0.837 bits per heavy atom. The second-order valence-electron chi connectivity index (χ2n) is 14.0. The summed E-state index contributed by atoms with van der Waals surface area (Å²) in [6.45, 7) is 12.7. The molecular formula is C34H54N8O7. The summed E-state index contributed by atoms with van der Waals surface area (Å²) < 4.78 is 5.39. The monoisotopic (exact) mass is 686 g/mol. The van der Waals surface area contributed by atoms with Crippen molar-refractivity contribution in [2.24, 2.45) is 17.7 Å². The van der Waals surface area contributed by atoms with E-state index in [9.17, 15) is 29.1 Å². The Bertz CT molecular complexity index is 1350. The summed E-state index contributed by atoms with van der Waals surface area (Å²) in [6.07, 6.45) is 1.21. The first-order valence-corrected chi connectivity index (χ1v) is 16.6. The van der Waals surface area contributed by atoms with Crippen molar-refractivity contribution in [3.8, 4) is 0 Å². The van der Waals surface area contributed by atoms with Gasteiger partial charge in [-0.15, -0.1) is 0 Å². The van der Waals surface area contributed by atoms with Crippen LogP contribution in [0.5, 0.6) is 0 Å². The molecule has 0 saturated carbocycles. The van der Waals surface area contributed by atoms with Gasteiger partial charge < -0.3 is 36.1 Å². The Kier molecular flexibility index (Phi) is 16.2. The molecule has 272 valence electrons. The van der Waals surface area contributed by atoms with Crippen LogP contribution in [0.15, 0.2) is 42.9 Å². The molecule has 0 bridgehead atoms. The van der Waals surface area contributed by atoms with Crippen LogP contribution in [0.25, 0.3) is 0 Å². The number of H-pyrrole nitrogens is 1. The first-order valence-electron chi connectivity index (χ1n) is 16.6. The standard InChI is InChI=1S/C34H54N8O7/c1-20(2)13-24(28(43)17-29(44)38-25(14-21(3)4)32(47)42-35)39-31(46)27(16-23-18-36-19-37-23)40-30(45)26(15-22-11-9-8-10-12-22)41-33(48)49-34(5,6)7/h8-12,18-21,24-28,43H,13-17,35H2,1-7H3,(H,36,37)(H,38,44)(H,39,46)(H,40,45)(H,41,48)(H,42,47)/t24?,25-,26-,27-,28-/m0/s1. The van der Waals surface area contributed by atoms with Crippen LogP contribution in [0.3, 0.4) is 0 Å². The van der Waals surface area contributed by atoms with Crippen molar-refractivity contribution in [2.45, 2.75) is 116 Å². The highest BCUT2D eigenvalue weighted by atomic mass is 16.6. The van der Waals surface area contributed by atoms with Crippen LogP contribution in [-0.4, -0.2) is 80.7 Å². The Labute approximate surface area is 288 Å². The molecule has 0 saturated heterocycles. The predicted octanol–water partition coefficient (Wildman–Crippen LogP) is 1.38. The Balaban J connectivity index is 2.28. The number of nitrogens with one attached hydrogen (secondary N) is 6. The van der Waals surface area contributed by atoms with E-state index in [1.807, 2.05) is 63.5 Å². The van der Waals surface area contributed by atoms with Crippen molar-refractivity contribution < 1.29 is 33.8 Å². The Hall–Kier alpha value is -4.50. The van der Waals surface area contributed by atoms with E-state index >= 15 is 0 Å². The number of aliphatic hydroxyl groups is 1. The van der Waals surface area contributed by atoms with Crippen LogP contribution < -0.4 is 32.5 Å². The van der Waals surface area contributed by atoms with E-state index in [4.69, 9.17) is 10.6 Å². The average molecular weight is 687 g/mol. The fourth-order valence-corrected chi connectivity index (χ4v) is 5.10. The van der Waals surface area contributed by atoms with E-state index < -0.39 is 72.0 Å². The van der Waals surface area contributed by atoms with Gasteiger partial charge in [-0.05, 0) is 51.0 Å². The van der Waals surface area contributed by atoms with Crippen LogP contribution in [0, 0.1) is 11.8 Å². The largest absolute Gasteiger partial charge is 0.444 e. The van der Waals surface area contributed by atoms with E-state index in [1.54, 1.807) is 20.8 Å². The van der Waals surface area contributed by atoms with Crippen LogP contribution in [0.1, 0.15) is 79.0 Å². The maximum atomic E-state index is 13.9. The summed E-state index contributed by atoms with van der Waals surface area (Å²) in [7, 11) is 0. The molecule has 49 heavy (non-hydrogen) atoms. The molecule has 0 aliphatic rings. The molecule has 1 heterocycles. The molecule has 5 atom stereocenters. The molecule has 0 radical (unpaired) electrons. The first-order chi connectivity index (χ1) is 23.0. The lowest BCUT2D eigenvalue weighted by Gasteiger charge is -2.29. The lowest BCUT2D eigenvalue weighted by molar-refractivity contribution is -0.132. The quantitative estimate of drug-likeness (QED) is 0.0642. The van der Waals surface area contributed by atoms with Gasteiger partial charge >= 0.3 is 6.09 Å². The molecule has 2 rings (SSSR count). The molecule has 15 heteroatoms. The minimum atomic E-state index is -1.32. The van der Waals surface area contributed by atoms with Gasteiger partial charge in [-0.2, -0.15) is 0 Å². The van der Waals surface area contributed by atoms with Crippen LogP contribution in [0.4, 0.5) is 4.79 Å². The molecule has 1 unspecified atom stereocenters. The number of hydrogen-bond acceptors (Lipinski definition) is 9. The van der Waals surface area contributed by atoms with Gasteiger partial charge in [-0.1, -0.05) is 58.0 Å². The number of ether oxygens (including phenoxy) is 1. The zero-order chi connectivity index (χ0) is 36.7. The van der Waals surface area contributed by atoms with E-state index in [-0.39, 0.29) is 24.7 Å². The molecule has 1 aromatic heterocycles. The highest BCUT2D eigenvalue weighted by Crippen LogP contribution is 2.14. The van der Waals surface area contributed by atoms with Crippen molar-refractivity contribution in [3.05, 3.63) is 54.1 Å². The molecule has 1 aromatic carbocycles. The third-order valence-corrected chi connectivity index (χ3v) is 7.32. The average Bonchev–Trinajstić information content (AvgIpc) is 3.51. The third-order valence-electron chi connectivity index (χ3n) is 7.32. The molecular weight excluding hydrogens is 632 g/mol. The van der Waals surface area contributed by atoms with E-state index in [0.29, 0.717) is 18.5 Å². The molecule has 15 nitrogen and oxygen atoms in total. The summed E-state index contributed by atoms with van der Waals surface area (Å²) in [6, 6.07) is 5.04. The van der Waals surface area contributed by atoms with Crippen LogP contribution in [0.2, 0.25) is 0 Å². The van der Waals surface area contributed by atoms with Crippen LogP contribution in [-0.2, 0) is 36.8 Å². The highest BCUT2D eigenvalue weighted by Gasteiger charge is 2.33. The van der Waals surface area contributed by atoms with Gasteiger partial charge in [0.05, 0.1) is 24.9 Å². The summed E-state index contributed by atoms with van der Waals surface area (Å²) in [4.78, 5) is 72.4. The number of alkyl carbamates (subject to hydrolysis) is 1. The Morgan fingerprint density at radius 3 is 2.00 bits per heavy atom. The van der Waals surface area contributed by atoms with Crippen molar-refractivity contribution in [1.82, 2.24) is 36.7 Å². The molecule has 0 aliphatic heterocycles. The third kappa shape index (κ3) is 15.5. The zero-order valence-corrected chi connectivity index (χ0v) is 29.5. The second kappa shape index (κ2) is 19.5. The van der Waals surface area contributed by atoms with Gasteiger partial charge in [0, 0.05) is 24.7 Å². The van der Waals surface area contributed by atoms with E-state index in [2.05, 4.69) is 31.2 Å². The topological polar surface area (TPSA) is 230 Å². The number of aromatic nitrogens is 2. The van der Waals surface area contributed by atoms with Gasteiger partial charge in [-0.25, -0.2) is 15.6 Å². The summed E-state index contributed by atoms with van der Waals surface area (Å²) >= 11 is 0. The number of hydrazine groups is 1. The second-order valence-corrected chi connectivity index (χ2v) is 14.0. The normalized spacial score (nSPS) is 14.6. The van der Waals surface area contributed by atoms with E-state index in [0.717, 1.165) is 5.56 Å².